The first kappa shape index (κ1) is 13.1. The molecule has 0 aliphatic rings. The van der Waals surface area contributed by atoms with E-state index in [1.165, 1.54) is 6.07 Å². The molecular weight excluding hydrogens is 344 g/mol. The monoisotopic (exact) mass is 357 g/mol. The summed E-state index contributed by atoms with van der Waals surface area (Å²) in [5.41, 5.74) is 7.87. The maximum atomic E-state index is 13.5. The molecule has 1 unspecified atom stereocenters. The number of hydrogen-bond acceptors (Lipinski definition) is 3. The van der Waals surface area contributed by atoms with Gasteiger partial charge >= 0.3 is 0 Å². The fourth-order valence-electron chi connectivity index (χ4n) is 1.63. The van der Waals surface area contributed by atoms with Crippen LogP contribution in [0.5, 0.6) is 0 Å². The normalized spacial score (nSPS) is 12.2. The van der Waals surface area contributed by atoms with Gasteiger partial charge in [-0.1, -0.05) is 6.07 Å². The third-order valence-electron chi connectivity index (χ3n) is 2.60. The van der Waals surface area contributed by atoms with Gasteiger partial charge in [0, 0.05) is 12.3 Å². The van der Waals surface area contributed by atoms with E-state index in [2.05, 4.69) is 10.3 Å². The molecule has 5 heteroatoms. The lowest BCUT2D eigenvalue weighted by Crippen LogP contribution is -2.10. The second-order valence-corrected chi connectivity index (χ2v) is 5.14. The zero-order valence-corrected chi connectivity index (χ0v) is 12.0. The van der Waals surface area contributed by atoms with E-state index in [1.807, 2.05) is 47.7 Å². The largest absolute Gasteiger partial charge is 0.397 e. The van der Waals surface area contributed by atoms with Gasteiger partial charge in [-0.05, 0) is 47.7 Å². The second kappa shape index (κ2) is 5.51. The highest BCUT2D eigenvalue weighted by atomic mass is 127. The van der Waals surface area contributed by atoms with Gasteiger partial charge in [-0.3, -0.25) is 4.98 Å². The molecule has 1 aromatic carbocycles. The number of nitrogens with one attached hydrogen (secondary N) is 1. The summed E-state index contributed by atoms with van der Waals surface area (Å²) >= 11 is 1.92. The van der Waals surface area contributed by atoms with Crippen molar-refractivity contribution in [3.8, 4) is 0 Å². The molecule has 3 N–H and O–H groups in total. The molecule has 0 fully saturated rings. The van der Waals surface area contributed by atoms with Gasteiger partial charge in [0.1, 0.15) is 5.82 Å². The highest BCUT2D eigenvalue weighted by molar-refractivity contribution is 14.1. The van der Waals surface area contributed by atoms with Crippen molar-refractivity contribution in [2.45, 2.75) is 13.0 Å². The van der Waals surface area contributed by atoms with Gasteiger partial charge < -0.3 is 11.1 Å². The van der Waals surface area contributed by atoms with Gasteiger partial charge in [0.15, 0.2) is 0 Å². The number of nitrogens with two attached hydrogens (primary N) is 1. The molecule has 0 spiro atoms. The molecule has 0 aliphatic carbocycles. The van der Waals surface area contributed by atoms with E-state index < -0.39 is 0 Å². The van der Waals surface area contributed by atoms with Crippen LogP contribution in [0, 0.1) is 9.39 Å². The van der Waals surface area contributed by atoms with Crippen molar-refractivity contribution < 1.29 is 4.39 Å². The Hall–Kier alpha value is -1.37. The van der Waals surface area contributed by atoms with Gasteiger partial charge in [0.2, 0.25) is 0 Å². The van der Waals surface area contributed by atoms with Gasteiger partial charge in [0.05, 0.1) is 26.7 Å². The molecule has 1 atom stereocenters. The van der Waals surface area contributed by atoms with E-state index >= 15 is 0 Å². The third-order valence-corrected chi connectivity index (χ3v) is 3.42. The third kappa shape index (κ3) is 2.90. The average Bonchev–Trinajstić information content (AvgIpc) is 2.37. The second-order valence-electron chi connectivity index (χ2n) is 3.97. The zero-order chi connectivity index (χ0) is 13.1. The van der Waals surface area contributed by atoms with Crippen molar-refractivity contribution in [1.82, 2.24) is 4.98 Å². The predicted octanol–water partition coefficient (Wildman–Crippen LogP) is 3.58. The van der Waals surface area contributed by atoms with Crippen molar-refractivity contribution in [3.63, 3.8) is 0 Å². The van der Waals surface area contributed by atoms with E-state index in [-0.39, 0.29) is 11.9 Å². The Morgan fingerprint density at radius 2 is 2.17 bits per heavy atom. The van der Waals surface area contributed by atoms with Gasteiger partial charge in [-0.25, -0.2) is 4.39 Å². The standard InChI is InChI=1S/C13H13FIN3/c1-8(12-4-2-3-5-17-12)18-13-6-9(14)10(15)7-11(13)16/h2-8,18H,16H2,1H3. The lowest BCUT2D eigenvalue weighted by molar-refractivity contribution is 0.620. The van der Waals surface area contributed by atoms with Crippen molar-refractivity contribution in [2.24, 2.45) is 0 Å². The molecule has 2 rings (SSSR count). The summed E-state index contributed by atoms with van der Waals surface area (Å²) in [5, 5.41) is 3.16. The van der Waals surface area contributed by atoms with Crippen molar-refractivity contribution >= 4 is 34.0 Å². The number of benzene rings is 1. The molecule has 0 bridgehead atoms. The first-order valence-electron chi connectivity index (χ1n) is 5.50. The summed E-state index contributed by atoms with van der Waals surface area (Å²) in [7, 11) is 0. The lowest BCUT2D eigenvalue weighted by Gasteiger charge is -2.16. The molecule has 0 radical (unpaired) electrons. The summed E-state index contributed by atoms with van der Waals surface area (Å²) in [6.07, 6.45) is 1.73. The van der Waals surface area contributed by atoms with Crippen LogP contribution >= 0.6 is 22.6 Å². The molecule has 1 aromatic heterocycles. The SMILES string of the molecule is CC(Nc1cc(F)c(I)cc1N)c1ccccn1. The van der Waals surface area contributed by atoms with E-state index in [9.17, 15) is 4.39 Å². The van der Waals surface area contributed by atoms with Crippen LogP contribution < -0.4 is 11.1 Å². The minimum Gasteiger partial charge on any atom is -0.397 e. The number of nitrogen functional groups attached to an aromatic ring is 1. The van der Waals surface area contributed by atoms with Crippen LogP contribution in [0.4, 0.5) is 15.8 Å². The van der Waals surface area contributed by atoms with Crippen molar-refractivity contribution in [3.05, 3.63) is 51.6 Å². The first-order chi connectivity index (χ1) is 8.58. The summed E-state index contributed by atoms with van der Waals surface area (Å²) in [5.74, 6) is -0.277. The fraction of sp³-hybridized carbons (Fsp3) is 0.154. The van der Waals surface area contributed by atoms with E-state index in [1.54, 1.807) is 12.3 Å². The molecule has 3 nitrogen and oxygen atoms in total. The molecule has 0 saturated heterocycles. The number of aromatic nitrogens is 1. The maximum Gasteiger partial charge on any atom is 0.138 e. The zero-order valence-electron chi connectivity index (χ0n) is 9.82. The number of halogens is 2. The molecule has 0 amide bonds. The lowest BCUT2D eigenvalue weighted by atomic mass is 10.2. The van der Waals surface area contributed by atoms with Crippen LogP contribution in [0.25, 0.3) is 0 Å². The molecule has 2 aromatic rings. The number of hydrogen-bond donors (Lipinski definition) is 2. The molecule has 1 heterocycles. The quantitative estimate of drug-likeness (QED) is 0.652. The Morgan fingerprint density at radius 1 is 1.39 bits per heavy atom. The van der Waals surface area contributed by atoms with Crippen LogP contribution in [0.3, 0.4) is 0 Å². The average molecular weight is 357 g/mol. The summed E-state index contributed by atoms with van der Waals surface area (Å²) < 4.78 is 14.0. The Balaban J connectivity index is 2.22. The van der Waals surface area contributed by atoms with Crippen molar-refractivity contribution in [2.75, 3.05) is 11.1 Å². The highest BCUT2D eigenvalue weighted by Crippen LogP contribution is 2.27. The number of pyridine rings is 1. The number of anilines is 2. The Labute approximate surface area is 119 Å². The van der Waals surface area contributed by atoms with Crippen LogP contribution in [0.1, 0.15) is 18.7 Å². The molecule has 94 valence electrons. The number of rotatable bonds is 3. The Kier molecular flexibility index (Phi) is 4.00. The van der Waals surface area contributed by atoms with Crippen LogP contribution in [0.2, 0.25) is 0 Å². The van der Waals surface area contributed by atoms with Gasteiger partial charge in [-0.2, -0.15) is 0 Å². The van der Waals surface area contributed by atoms with Gasteiger partial charge in [-0.15, -0.1) is 0 Å². The van der Waals surface area contributed by atoms with Crippen LogP contribution in [-0.2, 0) is 0 Å². The Morgan fingerprint density at radius 3 is 2.83 bits per heavy atom. The first-order valence-corrected chi connectivity index (χ1v) is 6.58. The maximum absolute atomic E-state index is 13.5. The summed E-state index contributed by atoms with van der Waals surface area (Å²) in [6, 6.07) is 8.68. The molecule has 0 saturated carbocycles. The van der Waals surface area contributed by atoms with E-state index in [0.29, 0.717) is 14.9 Å². The number of nitrogens with zero attached hydrogens (tertiary/aromatic N) is 1. The summed E-state index contributed by atoms with van der Waals surface area (Å²) in [6.45, 7) is 1.96. The van der Waals surface area contributed by atoms with E-state index in [4.69, 9.17) is 5.73 Å². The summed E-state index contributed by atoms with van der Waals surface area (Å²) in [4.78, 5) is 4.25. The van der Waals surface area contributed by atoms with Crippen LogP contribution in [0.15, 0.2) is 36.5 Å². The van der Waals surface area contributed by atoms with Crippen molar-refractivity contribution in [1.29, 1.82) is 0 Å². The smallest absolute Gasteiger partial charge is 0.138 e. The topological polar surface area (TPSA) is 50.9 Å². The van der Waals surface area contributed by atoms with Gasteiger partial charge in [0.25, 0.3) is 0 Å². The molecule has 18 heavy (non-hydrogen) atoms. The molecule has 0 aliphatic heterocycles. The fourth-order valence-corrected chi connectivity index (χ4v) is 2.12. The Bertz CT molecular complexity index is 545. The van der Waals surface area contributed by atoms with E-state index in [0.717, 1.165) is 5.69 Å². The minimum absolute atomic E-state index is 0.0343. The highest BCUT2D eigenvalue weighted by Gasteiger charge is 2.10. The van der Waals surface area contributed by atoms with Crippen LogP contribution in [-0.4, -0.2) is 4.98 Å². The minimum atomic E-state index is -0.277. The predicted molar refractivity (Wildman–Crippen MR) is 79.8 cm³/mol. The molecular formula is C13H13FIN3.